The van der Waals surface area contributed by atoms with Crippen molar-refractivity contribution in [1.82, 2.24) is 0 Å². The molecule has 0 heterocycles. The molecule has 0 aliphatic heterocycles. The van der Waals surface area contributed by atoms with E-state index >= 15 is 0 Å². The Bertz CT molecular complexity index is 229. The van der Waals surface area contributed by atoms with Crippen LogP contribution in [0, 0.1) is 11.3 Å². The minimum absolute atomic E-state index is 0.0414. The molecule has 2 saturated carbocycles. The second kappa shape index (κ2) is 4.54. The predicted octanol–water partition coefficient (Wildman–Crippen LogP) is 3.60. The topological polar surface area (TPSA) is 37.3 Å². The molecule has 86 valence electrons. The molecule has 1 spiro atoms. The van der Waals surface area contributed by atoms with Crippen molar-refractivity contribution in [2.45, 2.75) is 64.2 Å². The summed E-state index contributed by atoms with van der Waals surface area (Å²) in [6, 6.07) is 0. The van der Waals surface area contributed by atoms with Crippen LogP contribution in [0.25, 0.3) is 0 Å². The van der Waals surface area contributed by atoms with Gasteiger partial charge in [0, 0.05) is 0 Å². The Morgan fingerprint density at radius 2 is 1.47 bits per heavy atom. The van der Waals surface area contributed by atoms with Gasteiger partial charge in [0.15, 0.2) is 0 Å². The Morgan fingerprint density at radius 3 is 2.00 bits per heavy atom. The van der Waals surface area contributed by atoms with Gasteiger partial charge in [-0.15, -0.1) is 0 Å². The zero-order chi connectivity index (χ0) is 10.7. The third kappa shape index (κ3) is 2.19. The largest absolute Gasteiger partial charge is 0.481 e. The molecular weight excluding hydrogens is 188 g/mol. The summed E-state index contributed by atoms with van der Waals surface area (Å²) in [6.45, 7) is 0. The zero-order valence-electron chi connectivity index (χ0n) is 9.50. The number of carboxylic acids is 1. The molecule has 0 saturated heterocycles. The summed E-state index contributed by atoms with van der Waals surface area (Å²) < 4.78 is 0. The minimum Gasteiger partial charge on any atom is -0.481 e. The van der Waals surface area contributed by atoms with Crippen molar-refractivity contribution in [2.75, 3.05) is 0 Å². The van der Waals surface area contributed by atoms with Gasteiger partial charge in [0.25, 0.3) is 0 Å². The summed E-state index contributed by atoms with van der Waals surface area (Å²) in [6.07, 6.45) is 11.9. The molecule has 2 rings (SSSR count). The quantitative estimate of drug-likeness (QED) is 0.718. The fourth-order valence-corrected chi connectivity index (χ4v) is 3.72. The van der Waals surface area contributed by atoms with Gasteiger partial charge >= 0.3 is 5.97 Å². The second-order valence-electron chi connectivity index (χ2n) is 5.41. The molecule has 15 heavy (non-hydrogen) atoms. The van der Waals surface area contributed by atoms with Crippen LogP contribution in [0.3, 0.4) is 0 Å². The van der Waals surface area contributed by atoms with Crippen molar-refractivity contribution in [2.24, 2.45) is 11.3 Å². The molecule has 2 aliphatic carbocycles. The summed E-state index contributed by atoms with van der Waals surface area (Å²) in [5.74, 6) is -0.570. The van der Waals surface area contributed by atoms with Gasteiger partial charge in [-0.05, 0) is 31.1 Å². The van der Waals surface area contributed by atoms with Crippen molar-refractivity contribution in [3.63, 3.8) is 0 Å². The molecule has 0 bridgehead atoms. The lowest BCUT2D eigenvalue weighted by molar-refractivity contribution is -0.148. The molecule has 0 radical (unpaired) electrons. The highest BCUT2D eigenvalue weighted by atomic mass is 16.4. The summed E-state index contributed by atoms with van der Waals surface area (Å²) in [5.41, 5.74) is 0.181. The Labute approximate surface area is 92.1 Å². The van der Waals surface area contributed by atoms with Crippen LogP contribution in [-0.4, -0.2) is 11.1 Å². The van der Waals surface area contributed by atoms with E-state index in [9.17, 15) is 9.90 Å². The SMILES string of the molecule is O=C(O)C1CCCCCC12CCCCC2. The summed E-state index contributed by atoms with van der Waals surface area (Å²) in [7, 11) is 0. The molecule has 1 atom stereocenters. The fourth-order valence-electron chi connectivity index (χ4n) is 3.72. The lowest BCUT2D eigenvalue weighted by Gasteiger charge is -2.41. The van der Waals surface area contributed by atoms with Gasteiger partial charge < -0.3 is 5.11 Å². The molecule has 2 nitrogen and oxygen atoms in total. The molecule has 2 fully saturated rings. The highest BCUT2D eigenvalue weighted by Gasteiger charge is 2.43. The van der Waals surface area contributed by atoms with Gasteiger partial charge in [0.05, 0.1) is 5.92 Å². The lowest BCUT2D eigenvalue weighted by atomic mass is 9.63. The molecule has 1 unspecified atom stereocenters. The van der Waals surface area contributed by atoms with Crippen LogP contribution in [0.4, 0.5) is 0 Å². The number of carbonyl (C=O) groups is 1. The Kier molecular flexibility index (Phi) is 3.32. The molecule has 0 amide bonds. The maximum absolute atomic E-state index is 11.4. The Hall–Kier alpha value is -0.530. The van der Waals surface area contributed by atoms with E-state index in [2.05, 4.69) is 0 Å². The summed E-state index contributed by atoms with van der Waals surface area (Å²) in [4.78, 5) is 11.4. The average molecular weight is 210 g/mol. The first-order chi connectivity index (χ1) is 7.25. The maximum Gasteiger partial charge on any atom is 0.307 e. The monoisotopic (exact) mass is 210 g/mol. The zero-order valence-corrected chi connectivity index (χ0v) is 9.50. The number of rotatable bonds is 1. The smallest absolute Gasteiger partial charge is 0.307 e. The third-order valence-electron chi connectivity index (χ3n) is 4.55. The summed E-state index contributed by atoms with van der Waals surface area (Å²) >= 11 is 0. The normalized spacial score (nSPS) is 31.1. The van der Waals surface area contributed by atoms with Crippen molar-refractivity contribution in [3.05, 3.63) is 0 Å². The first kappa shape index (κ1) is 11.0. The van der Waals surface area contributed by atoms with Crippen LogP contribution in [0.15, 0.2) is 0 Å². The van der Waals surface area contributed by atoms with Crippen molar-refractivity contribution in [1.29, 1.82) is 0 Å². The molecule has 0 aromatic rings. The molecule has 1 N–H and O–H groups in total. The number of aliphatic carboxylic acids is 1. The van der Waals surface area contributed by atoms with Crippen LogP contribution < -0.4 is 0 Å². The van der Waals surface area contributed by atoms with E-state index in [1.54, 1.807) is 0 Å². The summed E-state index contributed by atoms with van der Waals surface area (Å²) in [5, 5.41) is 9.38. The number of carboxylic acid groups (broad SMARTS) is 1. The van der Waals surface area contributed by atoms with Crippen LogP contribution in [0.5, 0.6) is 0 Å². The van der Waals surface area contributed by atoms with Crippen LogP contribution in [-0.2, 0) is 4.79 Å². The van der Waals surface area contributed by atoms with E-state index in [0.29, 0.717) is 0 Å². The third-order valence-corrected chi connectivity index (χ3v) is 4.55. The first-order valence-electron chi connectivity index (χ1n) is 6.47. The van der Waals surface area contributed by atoms with Gasteiger partial charge in [-0.3, -0.25) is 4.79 Å². The Balaban J connectivity index is 2.17. The van der Waals surface area contributed by atoms with E-state index in [4.69, 9.17) is 0 Å². The van der Waals surface area contributed by atoms with Crippen molar-refractivity contribution >= 4 is 5.97 Å². The van der Waals surface area contributed by atoms with E-state index in [1.165, 1.54) is 51.4 Å². The lowest BCUT2D eigenvalue weighted by Crippen LogP contribution is -2.37. The molecule has 2 heteroatoms. The highest BCUT2D eigenvalue weighted by molar-refractivity contribution is 5.71. The highest BCUT2D eigenvalue weighted by Crippen LogP contribution is 2.50. The van der Waals surface area contributed by atoms with Crippen LogP contribution in [0.2, 0.25) is 0 Å². The fraction of sp³-hybridized carbons (Fsp3) is 0.923. The van der Waals surface area contributed by atoms with E-state index in [1.807, 2.05) is 0 Å². The minimum atomic E-state index is -0.529. The molecule has 0 aromatic heterocycles. The predicted molar refractivity (Wildman–Crippen MR) is 59.7 cm³/mol. The van der Waals surface area contributed by atoms with E-state index in [-0.39, 0.29) is 11.3 Å². The second-order valence-corrected chi connectivity index (χ2v) is 5.41. The van der Waals surface area contributed by atoms with E-state index < -0.39 is 5.97 Å². The van der Waals surface area contributed by atoms with Gasteiger partial charge in [-0.25, -0.2) is 0 Å². The van der Waals surface area contributed by atoms with Crippen molar-refractivity contribution in [3.8, 4) is 0 Å². The van der Waals surface area contributed by atoms with Crippen LogP contribution in [0.1, 0.15) is 64.2 Å². The van der Waals surface area contributed by atoms with Gasteiger partial charge in [0.2, 0.25) is 0 Å². The first-order valence-corrected chi connectivity index (χ1v) is 6.47. The molecular formula is C13H22O2. The van der Waals surface area contributed by atoms with E-state index in [0.717, 1.165) is 12.8 Å². The molecule has 0 aromatic carbocycles. The Morgan fingerprint density at radius 1 is 0.933 bits per heavy atom. The number of hydrogen-bond acceptors (Lipinski definition) is 1. The van der Waals surface area contributed by atoms with Gasteiger partial charge in [0.1, 0.15) is 0 Å². The van der Waals surface area contributed by atoms with Gasteiger partial charge in [-0.1, -0.05) is 38.5 Å². The maximum atomic E-state index is 11.4. The molecule has 2 aliphatic rings. The van der Waals surface area contributed by atoms with Crippen molar-refractivity contribution < 1.29 is 9.90 Å². The van der Waals surface area contributed by atoms with Crippen LogP contribution >= 0.6 is 0 Å². The average Bonchev–Trinajstić information content (AvgIpc) is 2.42. The standard InChI is InChI=1S/C13H22O2/c14-12(15)11-7-3-1-4-8-13(11)9-5-2-6-10-13/h11H,1-10H2,(H,14,15). The number of hydrogen-bond donors (Lipinski definition) is 1. The van der Waals surface area contributed by atoms with Gasteiger partial charge in [-0.2, -0.15) is 0 Å².